The predicted octanol–water partition coefficient (Wildman–Crippen LogP) is 4.50. The molecule has 4 nitrogen and oxygen atoms in total. The molecule has 0 aliphatic heterocycles. The van der Waals surface area contributed by atoms with Crippen molar-refractivity contribution in [2.45, 2.75) is 38.0 Å². The van der Waals surface area contributed by atoms with E-state index in [0.717, 1.165) is 30.4 Å². The molecule has 150 valence electrons. The number of ether oxygens (including phenoxy) is 2. The number of esters is 1. The Hall–Kier alpha value is -2.17. The molecule has 1 N–H and O–H groups in total. The number of unbranched alkanes of at least 4 members (excludes halogenated alkanes) is 2. The minimum atomic E-state index is -0.314. The summed E-state index contributed by atoms with van der Waals surface area (Å²) >= 11 is 0. The first-order valence-corrected chi connectivity index (χ1v) is 10.2. The van der Waals surface area contributed by atoms with E-state index in [1.54, 1.807) is 0 Å². The van der Waals surface area contributed by atoms with E-state index < -0.39 is 0 Å². The highest BCUT2D eigenvalue weighted by Crippen LogP contribution is 2.57. The second-order valence-electron chi connectivity index (χ2n) is 7.44. The summed E-state index contributed by atoms with van der Waals surface area (Å²) in [7, 11) is 0. The van der Waals surface area contributed by atoms with Gasteiger partial charge >= 0.3 is 5.97 Å². The Labute approximate surface area is 167 Å². The predicted molar refractivity (Wildman–Crippen MR) is 109 cm³/mol. The van der Waals surface area contributed by atoms with Crippen LogP contribution in [0.1, 0.15) is 49.1 Å². The largest absolute Gasteiger partial charge is 0.465 e. The molecule has 0 spiro atoms. The maximum atomic E-state index is 13.1. The number of hydrogen-bond acceptors (Lipinski definition) is 4. The molecule has 1 saturated carbocycles. The van der Waals surface area contributed by atoms with E-state index in [0.29, 0.717) is 13.2 Å². The highest BCUT2D eigenvalue weighted by molar-refractivity contribution is 5.77. The molecule has 0 aromatic heterocycles. The molecule has 2 aromatic carbocycles. The van der Waals surface area contributed by atoms with Gasteiger partial charge in [0.1, 0.15) is 6.79 Å². The minimum absolute atomic E-state index is 0.0247. The lowest BCUT2D eigenvalue weighted by molar-refractivity contribution is -0.160. The fraction of sp³-hybridized carbons (Fsp3) is 0.458. The second kappa shape index (κ2) is 10.4. The van der Waals surface area contributed by atoms with Gasteiger partial charge in [0.15, 0.2) is 0 Å². The van der Waals surface area contributed by atoms with E-state index in [9.17, 15) is 9.90 Å². The molecule has 2 aromatic rings. The van der Waals surface area contributed by atoms with Crippen LogP contribution in [0.25, 0.3) is 0 Å². The molecule has 0 unspecified atom stereocenters. The van der Waals surface area contributed by atoms with Crippen LogP contribution in [0, 0.1) is 11.8 Å². The van der Waals surface area contributed by atoms with Crippen molar-refractivity contribution in [2.24, 2.45) is 11.8 Å². The van der Waals surface area contributed by atoms with Crippen molar-refractivity contribution in [2.75, 3.05) is 20.0 Å². The highest BCUT2D eigenvalue weighted by atomic mass is 16.6. The van der Waals surface area contributed by atoms with Gasteiger partial charge in [-0.25, -0.2) is 0 Å². The quantitative estimate of drug-likeness (QED) is 0.373. The summed E-state index contributed by atoms with van der Waals surface area (Å²) in [5, 5.41) is 9.18. The summed E-state index contributed by atoms with van der Waals surface area (Å²) in [6, 6.07) is 20.2. The van der Waals surface area contributed by atoms with Crippen LogP contribution in [0.5, 0.6) is 0 Å². The summed E-state index contributed by atoms with van der Waals surface area (Å²) in [6.07, 6.45) is 3.06. The number of aliphatic hydroxyl groups excluding tert-OH is 1. The minimum Gasteiger partial charge on any atom is -0.465 e. The van der Waals surface area contributed by atoms with E-state index >= 15 is 0 Å². The number of benzene rings is 2. The molecule has 4 heteroatoms. The first-order valence-electron chi connectivity index (χ1n) is 10.2. The molecule has 1 fully saturated rings. The van der Waals surface area contributed by atoms with Crippen LogP contribution in [0.2, 0.25) is 0 Å². The third-order valence-electron chi connectivity index (χ3n) is 5.73. The van der Waals surface area contributed by atoms with Crippen molar-refractivity contribution >= 4 is 5.97 Å². The topological polar surface area (TPSA) is 55.8 Å². The molecule has 3 rings (SSSR count). The van der Waals surface area contributed by atoms with E-state index in [4.69, 9.17) is 9.47 Å². The van der Waals surface area contributed by atoms with Gasteiger partial charge in [0.2, 0.25) is 0 Å². The van der Waals surface area contributed by atoms with Gasteiger partial charge in [0.25, 0.3) is 0 Å². The normalized spacial score (nSPS) is 23.8. The SMILES string of the molecule is CCCCCOC(=O)C1[C@H](c2ccccc2)C(COCO)[C@H]1c1ccccc1. The van der Waals surface area contributed by atoms with E-state index in [1.165, 1.54) is 0 Å². The van der Waals surface area contributed by atoms with E-state index in [2.05, 4.69) is 31.2 Å². The molecule has 0 radical (unpaired) electrons. The van der Waals surface area contributed by atoms with Crippen LogP contribution >= 0.6 is 0 Å². The molecule has 0 saturated heterocycles. The standard InChI is InChI=1S/C24H30O4/c1-2-3-10-15-28-24(26)23-21(18-11-6-4-7-12-18)20(16-27-17-25)22(23)19-13-8-5-9-14-19/h4-9,11-14,20-23,25H,2-3,10,15-17H2,1H3/t20?,21-,22-,23?/m1/s1. The maximum absolute atomic E-state index is 13.1. The van der Waals surface area contributed by atoms with Gasteiger partial charge < -0.3 is 14.6 Å². The summed E-state index contributed by atoms with van der Waals surface area (Å²) < 4.78 is 11.1. The molecular formula is C24H30O4. The Morgan fingerprint density at radius 1 is 0.929 bits per heavy atom. The Bertz CT molecular complexity index is 668. The number of carbonyl (C=O) groups is 1. The van der Waals surface area contributed by atoms with Crippen LogP contribution in [0.15, 0.2) is 60.7 Å². The molecule has 1 aliphatic carbocycles. The van der Waals surface area contributed by atoms with E-state index in [1.807, 2.05) is 36.4 Å². The average Bonchev–Trinajstić information content (AvgIpc) is 2.72. The smallest absolute Gasteiger partial charge is 0.310 e. The Kier molecular flexibility index (Phi) is 7.63. The maximum Gasteiger partial charge on any atom is 0.310 e. The molecule has 2 atom stereocenters. The zero-order valence-corrected chi connectivity index (χ0v) is 16.5. The van der Waals surface area contributed by atoms with Gasteiger partial charge in [-0.2, -0.15) is 0 Å². The van der Waals surface area contributed by atoms with Crippen molar-refractivity contribution in [3.05, 3.63) is 71.8 Å². The van der Waals surface area contributed by atoms with Crippen molar-refractivity contribution in [3.63, 3.8) is 0 Å². The summed E-state index contributed by atoms with van der Waals surface area (Å²) in [5.41, 5.74) is 2.24. The zero-order chi connectivity index (χ0) is 19.8. The van der Waals surface area contributed by atoms with Gasteiger partial charge in [-0.15, -0.1) is 0 Å². The summed E-state index contributed by atoms with van der Waals surface area (Å²) in [6.45, 7) is 2.71. The first kappa shape index (κ1) is 20.6. The van der Waals surface area contributed by atoms with Crippen LogP contribution in [-0.2, 0) is 14.3 Å². The number of rotatable bonds is 10. The number of hydrogen-bond donors (Lipinski definition) is 1. The van der Waals surface area contributed by atoms with Gasteiger partial charge in [-0.05, 0) is 23.5 Å². The van der Waals surface area contributed by atoms with Gasteiger partial charge in [0.05, 0.1) is 19.1 Å². The van der Waals surface area contributed by atoms with Crippen molar-refractivity contribution in [1.29, 1.82) is 0 Å². The monoisotopic (exact) mass is 382 g/mol. The first-order chi connectivity index (χ1) is 13.8. The summed E-state index contributed by atoms with van der Waals surface area (Å²) in [4.78, 5) is 13.1. The van der Waals surface area contributed by atoms with Crippen LogP contribution in [-0.4, -0.2) is 31.1 Å². The fourth-order valence-corrected chi connectivity index (χ4v) is 4.40. The van der Waals surface area contributed by atoms with Crippen LogP contribution in [0.3, 0.4) is 0 Å². The second-order valence-corrected chi connectivity index (χ2v) is 7.44. The molecule has 0 bridgehead atoms. The molecule has 0 heterocycles. The van der Waals surface area contributed by atoms with Gasteiger partial charge in [-0.3, -0.25) is 4.79 Å². The van der Waals surface area contributed by atoms with Crippen molar-refractivity contribution in [3.8, 4) is 0 Å². The van der Waals surface area contributed by atoms with Crippen LogP contribution < -0.4 is 0 Å². The lowest BCUT2D eigenvalue weighted by Crippen LogP contribution is -2.50. The lowest BCUT2D eigenvalue weighted by atomic mass is 9.52. The van der Waals surface area contributed by atoms with Crippen molar-refractivity contribution in [1.82, 2.24) is 0 Å². The zero-order valence-electron chi connectivity index (χ0n) is 16.5. The highest BCUT2D eigenvalue weighted by Gasteiger charge is 2.55. The van der Waals surface area contributed by atoms with Gasteiger partial charge in [0, 0.05) is 11.8 Å². The van der Waals surface area contributed by atoms with E-state index in [-0.39, 0.29) is 36.4 Å². The number of aliphatic hydroxyl groups is 1. The average molecular weight is 383 g/mol. The van der Waals surface area contributed by atoms with Crippen molar-refractivity contribution < 1.29 is 19.4 Å². The Morgan fingerprint density at radius 3 is 2.00 bits per heavy atom. The fourth-order valence-electron chi connectivity index (χ4n) is 4.40. The third kappa shape index (κ3) is 4.62. The molecule has 28 heavy (non-hydrogen) atoms. The Morgan fingerprint density at radius 2 is 1.50 bits per heavy atom. The molecule has 0 amide bonds. The van der Waals surface area contributed by atoms with Crippen LogP contribution in [0.4, 0.5) is 0 Å². The molecule has 1 aliphatic rings. The third-order valence-corrected chi connectivity index (χ3v) is 5.73. The van der Waals surface area contributed by atoms with Gasteiger partial charge in [-0.1, -0.05) is 80.4 Å². The number of carbonyl (C=O) groups excluding carboxylic acids is 1. The summed E-state index contributed by atoms with van der Waals surface area (Å²) in [5.74, 6) is -0.198. The molecular weight excluding hydrogens is 352 g/mol. The lowest BCUT2D eigenvalue weighted by Gasteiger charge is -2.51. The Balaban J connectivity index is 1.86.